The molecule has 1 saturated heterocycles. The second-order valence-electron chi connectivity index (χ2n) is 9.59. The van der Waals surface area contributed by atoms with Crippen molar-refractivity contribution >= 4 is 34.4 Å². The number of halogens is 3. The van der Waals surface area contributed by atoms with Crippen LogP contribution in [0, 0.1) is 5.92 Å². The summed E-state index contributed by atoms with van der Waals surface area (Å²) in [6, 6.07) is 5.79. The number of alkyl halides is 3. The normalized spacial score (nSPS) is 14.2. The third-order valence-electron chi connectivity index (χ3n) is 6.76. The zero-order valence-corrected chi connectivity index (χ0v) is 22.6. The Morgan fingerprint density at radius 1 is 1.21 bits per heavy atom. The van der Waals surface area contributed by atoms with Crippen LogP contribution in [0.3, 0.4) is 0 Å². The number of ether oxygens (including phenoxy) is 1. The number of imidazole rings is 1. The standard InChI is InChI=1S/C26H27F3N8O5/c1-3-36-22-18(40-13-15-7-9-31-10-8-15)12-32-19(20(22)33-24(36)21-23(30)35-42-34-21)16-5-4-6-17(11-16)37(14(2)38)41-25(39)26(27,28)29/h4-6,11-12,15,31H,3,7-10,13H2,1-2H3,(H2,30,35). The fourth-order valence-electron chi connectivity index (χ4n) is 4.74. The molecule has 0 radical (unpaired) electrons. The molecule has 222 valence electrons. The summed E-state index contributed by atoms with van der Waals surface area (Å²) >= 11 is 0. The number of nitrogen functional groups attached to an aromatic ring is 1. The van der Waals surface area contributed by atoms with Crippen LogP contribution < -0.4 is 20.9 Å². The fourth-order valence-corrected chi connectivity index (χ4v) is 4.74. The quantitative estimate of drug-likeness (QED) is 0.304. The molecule has 13 nitrogen and oxygen atoms in total. The average Bonchev–Trinajstić information content (AvgIpc) is 3.57. The molecular weight excluding hydrogens is 561 g/mol. The summed E-state index contributed by atoms with van der Waals surface area (Å²) in [5.41, 5.74) is 7.69. The van der Waals surface area contributed by atoms with Crippen LogP contribution in [0.25, 0.3) is 33.8 Å². The van der Waals surface area contributed by atoms with E-state index in [-0.39, 0.29) is 22.3 Å². The van der Waals surface area contributed by atoms with Gasteiger partial charge in [-0.25, -0.2) is 19.4 Å². The first-order chi connectivity index (χ1) is 20.1. The Labute approximate surface area is 236 Å². The van der Waals surface area contributed by atoms with Crippen molar-refractivity contribution < 1.29 is 37.0 Å². The summed E-state index contributed by atoms with van der Waals surface area (Å²) in [6.07, 6.45) is -1.83. The molecular formula is C26H27F3N8O5. The van der Waals surface area contributed by atoms with Crippen LogP contribution in [0.5, 0.6) is 5.75 Å². The molecule has 0 spiro atoms. The van der Waals surface area contributed by atoms with Crippen molar-refractivity contribution in [3.8, 4) is 28.5 Å². The first kappa shape index (κ1) is 28.8. The van der Waals surface area contributed by atoms with Crippen LogP contribution in [0.1, 0.15) is 26.7 Å². The minimum atomic E-state index is -5.30. The third-order valence-corrected chi connectivity index (χ3v) is 6.76. The van der Waals surface area contributed by atoms with Crippen LogP contribution in [-0.4, -0.2) is 62.6 Å². The van der Waals surface area contributed by atoms with Gasteiger partial charge in [-0.2, -0.15) is 13.2 Å². The lowest BCUT2D eigenvalue weighted by Gasteiger charge is -2.23. The number of nitrogens with zero attached hydrogens (tertiary/aromatic N) is 6. The number of benzene rings is 1. The number of nitrogens with two attached hydrogens (primary N) is 1. The molecule has 4 aromatic rings. The van der Waals surface area contributed by atoms with E-state index in [1.54, 1.807) is 12.3 Å². The molecule has 3 aromatic heterocycles. The largest absolute Gasteiger partial charge is 0.493 e. The molecule has 1 fully saturated rings. The predicted molar refractivity (Wildman–Crippen MR) is 143 cm³/mol. The fraction of sp³-hybridized carbons (Fsp3) is 0.385. The van der Waals surface area contributed by atoms with Crippen molar-refractivity contribution in [2.24, 2.45) is 5.92 Å². The van der Waals surface area contributed by atoms with Crippen molar-refractivity contribution in [3.63, 3.8) is 0 Å². The van der Waals surface area contributed by atoms with E-state index in [0.29, 0.717) is 52.9 Å². The Kier molecular flexibility index (Phi) is 7.98. The Morgan fingerprint density at radius 2 is 1.98 bits per heavy atom. The van der Waals surface area contributed by atoms with Gasteiger partial charge in [-0.1, -0.05) is 12.1 Å². The number of hydrogen-bond acceptors (Lipinski definition) is 11. The Bertz CT molecular complexity index is 1610. The lowest BCUT2D eigenvalue weighted by atomic mass is 9.99. The first-order valence-electron chi connectivity index (χ1n) is 13.1. The molecule has 1 aliphatic heterocycles. The number of aryl methyl sites for hydroxylation is 1. The molecule has 3 N–H and O–H groups in total. The highest BCUT2D eigenvalue weighted by molar-refractivity contribution is 5.97. The van der Waals surface area contributed by atoms with Gasteiger partial charge in [0.05, 0.1) is 24.2 Å². The number of hydroxylamine groups is 1. The van der Waals surface area contributed by atoms with E-state index in [9.17, 15) is 22.8 Å². The summed E-state index contributed by atoms with van der Waals surface area (Å²) in [4.78, 5) is 37.4. The Hall–Kier alpha value is -4.73. The predicted octanol–water partition coefficient (Wildman–Crippen LogP) is 3.50. The maximum atomic E-state index is 12.9. The topological polar surface area (TPSA) is 164 Å². The van der Waals surface area contributed by atoms with Gasteiger partial charge in [0.25, 0.3) is 5.91 Å². The Morgan fingerprint density at radius 3 is 2.62 bits per heavy atom. The number of carbonyl (C=O) groups excluding carboxylic acids is 2. The number of rotatable bonds is 7. The summed E-state index contributed by atoms with van der Waals surface area (Å²) in [5, 5.41) is 11.1. The smallest absolute Gasteiger partial charge is 0.489 e. The molecule has 4 heterocycles. The lowest BCUT2D eigenvalue weighted by molar-refractivity contribution is -0.201. The van der Waals surface area contributed by atoms with Gasteiger partial charge >= 0.3 is 12.1 Å². The number of carbonyl (C=O) groups is 2. The molecule has 1 aromatic carbocycles. The summed E-state index contributed by atoms with van der Waals surface area (Å²) in [7, 11) is 0. The number of hydrogen-bond donors (Lipinski definition) is 2. The van der Waals surface area contributed by atoms with Crippen LogP contribution in [0.4, 0.5) is 24.7 Å². The highest BCUT2D eigenvalue weighted by Crippen LogP contribution is 2.38. The van der Waals surface area contributed by atoms with Gasteiger partial charge in [-0.3, -0.25) is 4.79 Å². The van der Waals surface area contributed by atoms with Gasteiger partial charge in [0.1, 0.15) is 11.0 Å². The van der Waals surface area contributed by atoms with Crippen LogP contribution >= 0.6 is 0 Å². The van der Waals surface area contributed by atoms with E-state index in [0.717, 1.165) is 32.9 Å². The zero-order chi connectivity index (χ0) is 30.0. The maximum Gasteiger partial charge on any atom is 0.493 e. The molecule has 1 amide bonds. The summed E-state index contributed by atoms with van der Waals surface area (Å²) < 4.78 is 51.5. The summed E-state index contributed by atoms with van der Waals surface area (Å²) in [6.45, 7) is 5.56. The van der Waals surface area contributed by atoms with Crippen LogP contribution in [-0.2, 0) is 21.0 Å². The minimum Gasteiger partial charge on any atom is -0.489 e. The van der Waals surface area contributed by atoms with Gasteiger partial charge in [-0.05, 0) is 61.2 Å². The number of fused-ring (bicyclic) bond motifs is 1. The highest BCUT2D eigenvalue weighted by atomic mass is 19.4. The number of piperidine rings is 1. The second-order valence-corrected chi connectivity index (χ2v) is 9.59. The SMILES string of the molecule is CCn1c(-c2nonc2N)nc2c(-c3cccc(N(OC(=O)C(F)(F)F)C(C)=O)c3)ncc(OCC3CCNCC3)c21. The number of aromatic nitrogens is 5. The van der Waals surface area contributed by atoms with Crippen molar-refractivity contribution in [1.29, 1.82) is 0 Å². The monoisotopic (exact) mass is 588 g/mol. The van der Waals surface area contributed by atoms with Crippen molar-refractivity contribution in [3.05, 3.63) is 30.5 Å². The van der Waals surface area contributed by atoms with E-state index in [2.05, 4.69) is 25.5 Å². The van der Waals surface area contributed by atoms with Crippen LogP contribution in [0.15, 0.2) is 35.1 Å². The minimum absolute atomic E-state index is 0.0252. The molecule has 16 heteroatoms. The van der Waals surface area contributed by atoms with Gasteiger partial charge in [0, 0.05) is 19.0 Å². The van der Waals surface area contributed by atoms with Crippen molar-refractivity contribution in [2.45, 2.75) is 39.4 Å². The average molecular weight is 589 g/mol. The number of pyridine rings is 1. The molecule has 42 heavy (non-hydrogen) atoms. The van der Waals surface area contributed by atoms with Gasteiger partial charge in [0.2, 0.25) is 0 Å². The molecule has 1 aliphatic rings. The van der Waals surface area contributed by atoms with E-state index < -0.39 is 18.1 Å². The highest BCUT2D eigenvalue weighted by Gasteiger charge is 2.43. The molecule has 0 aliphatic carbocycles. The van der Waals surface area contributed by atoms with Gasteiger partial charge in [-0.15, -0.1) is 5.06 Å². The maximum absolute atomic E-state index is 12.9. The lowest BCUT2D eigenvalue weighted by Crippen LogP contribution is -2.37. The van der Waals surface area contributed by atoms with E-state index in [1.807, 2.05) is 11.5 Å². The van der Waals surface area contributed by atoms with Crippen molar-refractivity contribution in [1.82, 2.24) is 30.2 Å². The number of nitrogens with one attached hydrogen (secondary N) is 1. The van der Waals surface area contributed by atoms with Crippen LogP contribution in [0.2, 0.25) is 0 Å². The van der Waals surface area contributed by atoms with Crippen molar-refractivity contribution in [2.75, 3.05) is 30.5 Å². The molecule has 0 bridgehead atoms. The zero-order valence-electron chi connectivity index (χ0n) is 22.6. The Balaban J connectivity index is 1.61. The number of amides is 1. The third kappa shape index (κ3) is 5.70. The molecule has 5 rings (SSSR count). The second kappa shape index (κ2) is 11.6. The molecule has 0 saturated carbocycles. The van der Waals surface area contributed by atoms with E-state index in [1.165, 1.54) is 18.2 Å². The van der Waals surface area contributed by atoms with E-state index >= 15 is 0 Å². The van der Waals surface area contributed by atoms with E-state index in [4.69, 9.17) is 20.1 Å². The first-order valence-corrected chi connectivity index (χ1v) is 13.1. The number of anilines is 2. The summed E-state index contributed by atoms with van der Waals surface area (Å²) in [5.74, 6) is -2.31. The molecule has 0 unspecified atom stereocenters. The van der Waals surface area contributed by atoms with Gasteiger partial charge in [0.15, 0.2) is 23.1 Å². The van der Waals surface area contributed by atoms with Gasteiger partial charge < -0.3 is 25.2 Å². The molecule has 0 atom stereocenters.